The molecule has 0 bridgehead atoms. The van der Waals surface area contributed by atoms with Crippen LogP contribution in [0.2, 0.25) is 0 Å². The summed E-state index contributed by atoms with van der Waals surface area (Å²) in [5.74, 6) is -1.14. The van der Waals surface area contributed by atoms with Crippen LogP contribution in [0, 0.1) is 11.3 Å². The zero-order valence-electron chi connectivity index (χ0n) is 14.4. The number of nitrogens with one attached hydrogen (secondary N) is 1. The van der Waals surface area contributed by atoms with Gasteiger partial charge in [0.25, 0.3) is 5.91 Å². The zero-order valence-corrected chi connectivity index (χ0v) is 14.4. The van der Waals surface area contributed by atoms with E-state index < -0.39 is 41.9 Å². The number of pyridine rings is 1. The van der Waals surface area contributed by atoms with Crippen molar-refractivity contribution in [3.05, 3.63) is 65.0 Å². The maximum atomic E-state index is 12.7. The third-order valence-corrected chi connectivity index (χ3v) is 4.77. The average Bonchev–Trinajstić information content (AvgIpc) is 2.96. The van der Waals surface area contributed by atoms with Gasteiger partial charge in [0.1, 0.15) is 11.8 Å². The van der Waals surface area contributed by atoms with Gasteiger partial charge in [-0.1, -0.05) is 6.07 Å². The van der Waals surface area contributed by atoms with Gasteiger partial charge in [-0.25, -0.2) is 0 Å². The Morgan fingerprint density at radius 2 is 1.86 bits per heavy atom. The van der Waals surface area contributed by atoms with Crippen LogP contribution >= 0.6 is 0 Å². The zero-order chi connectivity index (χ0) is 20.5. The summed E-state index contributed by atoms with van der Waals surface area (Å²) in [4.78, 5) is 15.9. The molecule has 0 aliphatic heterocycles. The third-order valence-electron chi connectivity index (χ3n) is 4.77. The van der Waals surface area contributed by atoms with E-state index in [0.717, 1.165) is 12.3 Å². The Morgan fingerprint density at radius 3 is 2.39 bits per heavy atom. The van der Waals surface area contributed by atoms with Crippen molar-refractivity contribution in [1.29, 1.82) is 5.26 Å². The first-order valence-electron chi connectivity index (χ1n) is 8.41. The minimum atomic E-state index is -4.57. The van der Waals surface area contributed by atoms with Gasteiger partial charge in [-0.2, -0.15) is 18.4 Å². The molecule has 2 aromatic rings. The number of carbonyl (C=O) groups excluding carboxylic acids is 1. The van der Waals surface area contributed by atoms with Crippen LogP contribution in [-0.2, 0) is 6.18 Å². The first-order valence-corrected chi connectivity index (χ1v) is 8.41. The lowest BCUT2D eigenvalue weighted by atomic mass is 9.94. The maximum absolute atomic E-state index is 12.7. The van der Waals surface area contributed by atoms with Gasteiger partial charge in [0.15, 0.2) is 0 Å². The molecule has 1 aromatic carbocycles. The summed E-state index contributed by atoms with van der Waals surface area (Å²) in [5, 5.41) is 31.7. The fraction of sp³-hybridized carbons (Fsp3) is 0.316. The minimum Gasteiger partial charge on any atom is -0.390 e. The Hall–Kier alpha value is -2.96. The predicted octanol–water partition coefficient (Wildman–Crippen LogP) is 1.98. The molecule has 1 aliphatic carbocycles. The number of hydrogen-bond donors (Lipinski definition) is 3. The lowest BCUT2D eigenvalue weighted by Crippen LogP contribution is -2.45. The monoisotopic (exact) mass is 391 g/mol. The van der Waals surface area contributed by atoms with Crippen LogP contribution in [0.3, 0.4) is 0 Å². The molecular weight excluding hydrogens is 375 g/mol. The molecule has 0 unspecified atom stereocenters. The smallest absolute Gasteiger partial charge is 0.390 e. The van der Waals surface area contributed by atoms with E-state index in [0.29, 0.717) is 11.1 Å². The van der Waals surface area contributed by atoms with E-state index in [-0.39, 0.29) is 12.0 Å². The molecule has 1 amide bonds. The van der Waals surface area contributed by atoms with Crippen molar-refractivity contribution in [3.63, 3.8) is 0 Å². The summed E-state index contributed by atoms with van der Waals surface area (Å²) in [6, 6.07) is 8.90. The molecule has 1 heterocycles. The number of rotatable bonds is 3. The largest absolute Gasteiger partial charge is 0.433 e. The van der Waals surface area contributed by atoms with Gasteiger partial charge in [-0.3, -0.25) is 9.78 Å². The van der Waals surface area contributed by atoms with Gasteiger partial charge in [0.2, 0.25) is 0 Å². The molecule has 4 atom stereocenters. The summed E-state index contributed by atoms with van der Waals surface area (Å²) >= 11 is 0. The molecule has 3 rings (SSSR count). The molecule has 6 nitrogen and oxygen atoms in total. The molecule has 1 aromatic heterocycles. The first kappa shape index (κ1) is 19.8. The van der Waals surface area contributed by atoms with Crippen molar-refractivity contribution < 1.29 is 28.2 Å². The van der Waals surface area contributed by atoms with E-state index in [1.54, 1.807) is 0 Å². The van der Waals surface area contributed by atoms with E-state index in [4.69, 9.17) is 5.26 Å². The van der Waals surface area contributed by atoms with Gasteiger partial charge >= 0.3 is 6.18 Å². The van der Waals surface area contributed by atoms with Gasteiger partial charge in [-0.05, 0) is 42.3 Å². The molecule has 0 radical (unpaired) electrons. The molecule has 1 aliphatic rings. The number of aromatic nitrogens is 1. The van der Waals surface area contributed by atoms with Gasteiger partial charge in [0.05, 0.1) is 23.8 Å². The van der Waals surface area contributed by atoms with Gasteiger partial charge in [0, 0.05) is 17.7 Å². The van der Waals surface area contributed by atoms with E-state index in [2.05, 4.69) is 10.3 Å². The maximum Gasteiger partial charge on any atom is 0.433 e. The van der Waals surface area contributed by atoms with Crippen LogP contribution in [0.5, 0.6) is 0 Å². The molecule has 3 N–H and O–H groups in total. The van der Waals surface area contributed by atoms with Crippen LogP contribution < -0.4 is 5.32 Å². The number of alkyl halides is 3. The standard InChI is InChI=1S/C19H16F3N3O3/c20-19(21,22)15-6-5-12(9-24-15)13-7-14(26)17(27)16(13)25-18(28)11-3-1-10(8-23)2-4-11/h1-6,9,13-14,16-17,26-27H,7H2,(H,25,28)/t13-,14-,16-,17-/m1/s1. The molecule has 0 spiro atoms. The van der Waals surface area contributed by atoms with Crippen LogP contribution in [0.25, 0.3) is 0 Å². The number of nitriles is 1. The Kier molecular flexibility index (Phi) is 5.36. The van der Waals surface area contributed by atoms with Crippen LogP contribution in [0.15, 0.2) is 42.6 Å². The van der Waals surface area contributed by atoms with Crippen molar-refractivity contribution in [2.24, 2.45) is 0 Å². The number of aliphatic hydroxyl groups is 2. The predicted molar refractivity (Wildman–Crippen MR) is 91.0 cm³/mol. The normalized spacial score (nSPS) is 24.6. The first-order chi connectivity index (χ1) is 13.2. The van der Waals surface area contributed by atoms with Crippen LogP contribution in [0.1, 0.15) is 39.5 Å². The van der Waals surface area contributed by atoms with E-state index >= 15 is 0 Å². The summed E-state index contributed by atoms with van der Waals surface area (Å²) in [6.45, 7) is 0. The Morgan fingerprint density at radius 1 is 1.18 bits per heavy atom. The molecule has 146 valence electrons. The number of nitrogens with zero attached hydrogens (tertiary/aromatic N) is 2. The molecular formula is C19H16F3N3O3. The SMILES string of the molecule is N#Cc1ccc(C(=O)N[C@H]2[C@H](O)[C@H](O)C[C@@H]2c2ccc(C(F)(F)F)nc2)cc1. The Bertz CT molecular complexity index is 892. The third kappa shape index (κ3) is 3.98. The van der Waals surface area contributed by atoms with Crippen LogP contribution in [-0.4, -0.2) is 39.4 Å². The fourth-order valence-corrected chi connectivity index (χ4v) is 3.28. The average molecular weight is 391 g/mol. The Balaban J connectivity index is 1.81. The van der Waals surface area contributed by atoms with Crippen molar-refractivity contribution in [2.75, 3.05) is 0 Å². The fourth-order valence-electron chi connectivity index (χ4n) is 3.28. The van der Waals surface area contributed by atoms with E-state index in [9.17, 15) is 28.2 Å². The summed E-state index contributed by atoms with van der Waals surface area (Å²) < 4.78 is 38.1. The Labute approximate surface area is 158 Å². The number of halogens is 3. The van der Waals surface area contributed by atoms with Gasteiger partial charge in [-0.15, -0.1) is 0 Å². The lowest BCUT2D eigenvalue weighted by molar-refractivity contribution is -0.141. The molecule has 9 heteroatoms. The lowest BCUT2D eigenvalue weighted by Gasteiger charge is -2.24. The second-order valence-electron chi connectivity index (χ2n) is 6.56. The number of aliphatic hydroxyl groups excluding tert-OH is 2. The van der Waals surface area contributed by atoms with Crippen molar-refractivity contribution in [1.82, 2.24) is 10.3 Å². The second kappa shape index (κ2) is 7.58. The highest BCUT2D eigenvalue weighted by molar-refractivity contribution is 5.94. The minimum absolute atomic E-state index is 0.0620. The summed E-state index contributed by atoms with van der Waals surface area (Å²) in [6.07, 6.45) is -5.89. The molecule has 0 saturated heterocycles. The number of carbonyl (C=O) groups is 1. The highest BCUT2D eigenvalue weighted by Crippen LogP contribution is 2.36. The quantitative estimate of drug-likeness (QED) is 0.742. The second-order valence-corrected chi connectivity index (χ2v) is 6.56. The summed E-state index contributed by atoms with van der Waals surface area (Å²) in [7, 11) is 0. The molecule has 28 heavy (non-hydrogen) atoms. The molecule has 1 fully saturated rings. The molecule has 1 saturated carbocycles. The number of amides is 1. The van der Waals surface area contributed by atoms with E-state index in [1.807, 2.05) is 6.07 Å². The highest BCUT2D eigenvalue weighted by Gasteiger charge is 2.43. The van der Waals surface area contributed by atoms with Gasteiger partial charge < -0.3 is 15.5 Å². The summed E-state index contributed by atoms with van der Waals surface area (Å²) in [5.41, 5.74) is -0.0549. The topological polar surface area (TPSA) is 106 Å². The van der Waals surface area contributed by atoms with Crippen molar-refractivity contribution >= 4 is 5.91 Å². The van der Waals surface area contributed by atoms with Crippen LogP contribution in [0.4, 0.5) is 13.2 Å². The number of hydrogen-bond acceptors (Lipinski definition) is 5. The highest BCUT2D eigenvalue weighted by atomic mass is 19.4. The van der Waals surface area contributed by atoms with E-state index in [1.165, 1.54) is 30.3 Å². The van der Waals surface area contributed by atoms with Crippen molar-refractivity contribution in [3.8, 4) is 6.07 Å². The van der Waals surface area contributed by atoms with Crippen molar-refractivity contribution in [2.45, 2.75) is 36.8 Å². The number of benzene rings is 1.